The van der Waals surface area contributed by atoms with E-state index in [1.54, 1.807) is 12.4 Å². The second-order valence-corrected chi connectivity index (χ2v) is 6.90. The molecule has 1 aliphatic rings. The van der Waals surface area contributed by atoms with Crippen LogP contribution in [-0.2, 0) is 6.54 Å². The molecule has 0 saturated carbocycles. The van der Waals surface area contributed by atoms with Crippen molar-refractivity contribution in [1.29, 1.82) is 0 Å². The number of anilines is 1. The van der Waals surface area contributed by atoms with Crippen molar-refractivity contribution >= 4 is 17.3 Å². The third-order valence-corrected chi connectivity index (χ3v) is 5.10. The molecule has 0 bridgehead atoms. The predicted molar refractivity (Wildman–Crippen MR) is 107 cm³/mol. The maximum absolute atomic E-state index is 12.7. The van der Waals surface area contributed by atoms with Crippen LogP contribution in [0, 0.1) is 0 Å². The van der Waals surface area contributed by atoms with Crippen molar-refractivity contribution < 1.29 is 0 Å². The normalized spacial score (nSPS) is 15.1. The summed E-state index contributed by atoms with van der Waals surface area (Å²) in [6.45, 7) is 4.27. The van der Waals surface area contributed by atoms with Crippen molar-refractivity contribution in [1.82, 2.24) is 19.7 Å². The minimum atomic E-state index is -0.293. The molecular weight excluding hydrogens is 362 g/mol. The molecule has 1 saturated heterocycles. The number of benzene rings is 1. The first kappa shape index (κ1) is 17.7. The first-order valence-corrected chi connectivity index (χ1v) is 9.29. The van der Waals surface area contributed by atoms with Gasteiger partial charge in [-0.05, 0) is 23.8 Å². The van der Waals surface area contributed by atoms with Gasteiger partial charge in [-0.2, -0.15) is 9.78 Å². The van der Waals surface area contributed by atoms with Crippen molar-refractivity contribution in [3.05, 3.63) is 82.0 Å². The Morgan fingerprint density at radius 3 is 2.44 bits per heavy atom. The van der Waals surface area contributed by atoms with E-state index in [-0.39, 0.29) is 10.6 Å². The molecule has 4 rings (SSSR count). The summed E-state index contributed by atoms with van der Waals surface area (Å²) in [7, 11) is 0. The molecule has 1 aliphatic heterocycles. The molecule has 27 heavy (non-hydrogen) atoms. The van der Waals surface area contributed by atoms with E-state index in [2.05, 4.69) is 25.9 Å². The van der Waals surface area contributed by atoms with E-state index in [0.717, 1.165) is 32.7 Å². The number of pyridine rings is 1. The van der Waals surface area contributed by atoms with Gasteiger partial charge in [0.1, 0.15) is 5.02 Å². The lowest BCUT2D eigenvalue weighted by molar-refractivity contribution is 0.249. The fourth-order valence-electron chi connectivity index (χ4n) is 3.29. The molecule has 3 aromatic rings. The molecule has 1 fully saturated rings. The summed E-state index contributed by atoms with van der Waals surface area (Å²) in [5, 5.41) is 4.54. The standard InChI is InChI=1S/C20H20ClN5O/c21-19-18(14-23-26(20(19)27)17-6-2-1-3-7-17)25-11-9-24(10-12-25)15-16-5-4-8-22-13-16/h1-8,13-14H,9-12,15H2. The molecule has 0 N–H and O–H groups in total. The van der Waals surface area contributed by atoms with Crippen LogP contribution in [0.15, 0.2) is 65.8 Å². The predicted octanol–water partition coefficient (Wildman–Crippen LogP) is 2.60. The first-order chi connectivity index (χ1) is 13.2. The zero-order valence-electron chi connectivity index (χ0n) is 14.8. The van der Waals surface area contributed by atoms with Crippen molar-refractivity contribution in [2.75, 3.05) is 31.1 Å². The quantitative estimate of drug-likeness (QED) is 0.695. The Labute approximate surface area is 162 Å². The second kappa shape index (κ2) is 7.90. The number of nitrogens with zero attached hydrogens (tertiary/aromatic N) is 5. The maximum atomic E-state index is 12.7. The highest BCUT2D eigenvalue weighted by molar-refractivity contribution is 6.33. The van der Waals surface area contributed by atoms with Crippen LogP contribution in [0.25, 0.3) is 5.69 Å². The van der Waals surface area contributed by atoms with Gasteiger partial charge in [0.2, 0.25) is 0 Å². The molecule has 1 aromatic carbocycles. The van der Waals surface area contributed by atoms with Crippen molar-refractivity contribution in [2.24, 2.45) is 0 Å². The van der Waals surface area contributed by atoms with Crippen LogP contribution in [0.4, 0.5) is 5.69 Å². The fraction of sp³-hybridized carbons (Fsp3) is 0.250. The second-order valence-electron chi connectivity index (χ2n) is 6.52. The molecule has 0 unspecified atom stereocenters. The highest BCUT2D eigenvalue weighted by atomic mass is 35.5. The highest BCUT2D eigenvalue weighted by Gasteiger charge is 2.21. The Hall–Kier alpha value is -2.70. The monoisotopic (exact) mass is 381 g/mol. The first-order valence-electron chi connectivity index (χ1n) is 8.92. The summed E-state index contributed by atoms with van der Waals surface area (Å²) in [6.07, 6.45) is 5.37. The third-order valence-electron chi connectivity index (χ3n) is 4.74. The van der Waals surface area contributed by atoms with Gasteiger partial charge in [-0.3, -0.25) is 14.7 Å². The van der Waals surface area contributed by atoms with Crippen LogP contribution in [0.1, 0.15) is 5.56 Å². The average Bonchev–Trinajstić information content (AvgIpc) is 2.72. The van der Waals surface area contributed by atoms with Gasteiger partial charge < -0.3 is 4.90 Å². The number of para-hydroxylation sites is 1. The van der Waals surface area contributed by atoms with Gasteiger partial charge in [-0.25, -0.2) is 0 Å². The molecule has 7 heteroatoms. The number of hydrogen-bond acceptors (Lipinski definition) is 5. The lowest BCUT2D eigenvalue weighted by atomic mass is 10.2. The third kappa shape index (κ3) is 3.86. The molecule has 138 valence electrons. The van der Waals surface area contributed by atoms with E-state index in [1.165, 1.54) is 10.2 Å². The van der Waals surface area contributed by atoms with Gasteiger partial charge in [0.05, 0.1) is 17.6 Å². The SMILES string of the molecule is O=c1c(Cl)c(N2CCN(Cc3cccnc3)CC2)cnn1-c1ccccc1. The van der Waals surface area contributed by atoms with Crippen LogP contribution in [-0.4, -0.2) is 45.8 Å². The van der Waals surface area contributed by atoms with Gasteiger partial charge in [0.15, 0.2) is 0 Å². The number of rotatable bonds is 4. The molecule has 2 aromatic heterocycles. The summed E-state index contributed by atoms with van der Waals surface area (Å²) in [5.41, 5.74) is 2.32. The highest BCUT2D eigenvalue weighted by Crippen LogP contribution is 2.23. The van der Waals surface area contributed by atoms with Gasteiger partial charge in [0.25, 0.3) is 5.56 Å². The van der Waals surface area contributed by atoms with Gasteiger partial charge in [0, 0.05) is 45.1 Å². The Morgan fingerprint density at radius 1 is 0.963 bits per heavy atom. The van der Waals surface area contributed by atoms with Crippen molar-refractivity contribution in [3.63, 3.8) is 0 Å². The molecule has 0 spiro atoms. The molecule has 6 nitrogen and oxygen atoms in total. The van der Waals surface area contributed by atoms with Crippen LogP contribution in [0.5, 0.6) is 0 Å². The summed E-state index contributed by atoms with van der Waals surface area (Å²) in [6, 6.07) is 13.3. The number of piperazine rings is 1. The van der Waals surface area contributed by atoms with E-state index in [0.29, 0.717) is 11.4 Å². The fourth-order valence-corrected chi connectivity index (χ4v) is 3.54. The Morgan fingerprint density at radius 2 is 1.74 bits per heavy atom. The average molecular weight is 382 g/mol. The van der Waals surface area contributed by atoms with Gasteiger partial charge in [-0.15, -0.1) is 0 Å². The Kier molecular flexibility index (Phi) is 5.18. The zero-order chi connectivity index (χ0) is 18.6. The zero-order valence-corrected chi connectivity index (χ0v) is 15.6. The van der Waals surface area contributed by atoms with Crippen LogP contribution in [0.2, 0.25) is 5.02 Å². The number of halogens is 1. The van der Waals surface area contributed by atoms with Crippen molar-refractivity contribution in [2.45, 2.75) is 6.54 Å². The van der Waals surface area contributed by atoms with E-state index in [9.17, 15) is 4.79 Å². The van der Waals surface area contributed by atoms with E-state index < -0.39 is 0 Å². The molecule has 0 amide bonds. The summed E-state index contributed by atoms with van der Waals surface area (Å²) in [5.74, 6) is 0. The minimum absolute atomic E-state index is 0.217. The number of aromatic nitrogens is 3. The smallest absolute Gasteiger partial charge is 0.292 e. The summed E-state index contributed by atoms with van der Waals surface area (Å²) in [4.78, 5) is 21.3. The minimum Gasteiger partial charge on any atom is -0.366 e. The molecule has 0 aliphatic carbocycles. The van der Waals surface area contributed by atoms with Crippen LogP contribution < -0.4 is 10.5 Å². The Balaban J connectivity index is 1.47. The molecule has 0 atom stereocenters. The number of hydrogen-bond donors (Lipinski definition) is 0. The molecule has 0 radical (unpaired) electrons. The van der Waals surface area contributed by atoms with Gasteiger partial charge >= 0.3 is 0 Å². The van der Waals surface area contributed by atoms with E-state index in [1.807, 2.05) is 42.6 Å². The summed E-state index contributed by atoms with van der Waals surface area (Å²) >= 11 is 6.41. The van der Waals surface area contributed by atoms with Crippen molar-refractivity contribution in [3.8, 4) is 5.69 Å². The Bertz CT molecular complexity index is 953. The summed E-state index contributed by atoms with van der Waals surface area (Å²) < 4.78 is 1.34. The maximum Gasteiger partial charge on any atom is 0.292 e. The topological polar surface area (TPSA) is 54.3 Å². The van der Waals surface area contributed by atoms with E-state index >= 15 is 0 Å². The lowest BCUT2D eigenvalue weighted by Crippen LogP contribution is -2.46. The molecule has 3 heterocycles. The van der Waals surface area contributed by atoms with Gasteiger partial charge in [-0.1, -0.05) is 35.9 Å². The molecular formula is C20H20ClN5O. The van der Waals surface area contributed by atoms with E-state index in [4.69, 9.17) is 11.6 Å². The largest absolute Gasteiger partial charge is 0.366 e. The van der Waals surface area contributed by atoms with Crippen LogP contribution >= 0.6 is 11.6 Å². The lowest BCUT2D eigenvalue weighted by Gasteiger charge is -2.36. The van der Waals surface area contributed by atoms with Crippen LogP contribution in [0.3, 0.4) is 0 Å².